The lowest BCUT2D eigenvalue weighted by Crippen LogP contribution is -2.37. The number of benzene rings is 2. The molecule has 0 radical (unpaired) electrons. The van der Waals surface area contributed by atoms with Gasteiger partial charge in [0.05, 0.1) is 11.5 Å². The first-order valence-electron chi connectivity index (χ1n) is 11.7. The van der Waals surface area contributed by atoms with Gasteiger partial charge in [-0.15, -0.1) is 0 Å². The molecular weight excluding hydrogens is 496 g/mol. The van der Waals surface area contributed by atoms with Crippen LogP contribution < -0.4 is 9.47 Å². The van der Waals surface area contributed by atoms with Crippen molar-refractivity contribution in [1.82, 2.24) is 0 Å². The molecule has 1 aliphatic carbocycles. The maximum Gasteiger partial charge on any atom is 0.400 e. The van der Waals surface area contributed by atoms with Gasteiger partial charge in [-0.2, -0.15) is 17.6 Å². The molecule has 0 spiro atoms. The largest absolute Gasteiger partial charge is 0.453 e. The van der Waals surface area contributed by atoms with Crippen LogP contribution in [0.25, 0.3) is 11.1 Å². The Labute approximate surface area is 203 Å². The first kappa shape index (κ1) is 27.8. The summed E-state index contributed by atoms with van der Waals surface area (Å²) in [6.45, 7) is 2.09. The van der Waals surface area contributed by atoms with E-state index in [4.69, 9.17) is 0 Å². The molecular formula is C26H26F8O2. The van der Waals surface area contributed by atoms with E-state index in [1.165, 1.54) is 0 Å². The molecule has 3 rings (SSSR count). The van der Waals surface area contributed by atoms with Crippen LogP contribution in [-0.2, 0) is 0 Å². The molecule has 2 aromatic carbocycles. The zero-order valence-corrected chi connectivity index (χ0v) is 19.5. The van der Waals surface area contributed by atoms with Gasteiger partial charge in [0.15, 0.2) is 23.6 Å². The summed E-state index contributed by atoms with van der Waals surface area (Å²) < 4.78 is 120. The zero-order chi connectivity index (χ0) is 26.5. The van der Waals surface area contributed by atoms with Gasteiger partial charge in [-0.1, -0.05) is 32.6 Å². The quantitative estimate of drug-likeness (QED) is 0.176. The highest BCUT2D eigenvalue weighted by Crippen LogP contribution is 2.42. The number of unbranched alkanes of at least 4 members (excludes halogenated alkanes) is 2. The van der Waals surface area contributed by atoms with Gasteiger partial charge in [0, 0.05) is 12.1 Å². The van der Waals surface area contributed by atoms with Gasteiger partial charge in [0.2, 0.25) is 0 Å². The van der Waals surface area contributed by atoms with Gasteiger partial charge < -0.3 is 9.47 Å². The highest BCUT2D eigenvalue weighted by molar-refractivity contribution is 5.67. The third-order valence-electron chi connectivity index (χ3n) is 6.36. The lowest BCUT2D eigenvalue weighted by molar-refractivity contribution is -0.223. The summed E-state index contributed by atoms with van der Waals surface area (Å²) in [7, 11) is 0. The molecule has 10 heteroatoms. The smallest absolute Gasteiger partial charge is 0.400 e. The Kier molecular flexibility index (Phi) is 9.24. The van der Waals surface area contributed by atoms with Crippen LogP contribution >= 0.6 is 0 Å². The van der Waals surface area contributed by atoms with Gasteiger partial charge in [-0.25, -0.2) is 17.6 Å². The van der Waals surface area contributed by atoms with Crippen molar-refractivity contribution in [3.05, 3.63) is 59.9 Å². The molecule has 1 fully saturated rings. The number of halogens is 8. The molecule has 0 aliphatic heterocycles. The van der Waals surface area contributed by atoms with E-state index >= 15 is 0 Å². The molecule has 0 bridgehead atoms. The lowest BCUT2D eigenvalue weighted by Gasteiger charge is -2.33. The van der Waals surface area contributed by atoms with E-state index in [9.17, 15) is 35.1 Å². The van der Waals surface area contributed by atoms with Crippen LogP contribution in [0.15, 0.2) is 36.6 Å². The summed E-state index contributed by atoms with van der Waals surface area (Å²) in [5.74, 6) is -8.51. The summed E-state index contributed by atoms with van der Waals surface area (Å²) in [5.41, 5.74) is -1.54. The Morgan fingerprint density at radius 1 is 0.889 bits per heavy atom. The number of hydrogen-bond donors (Lipinski definition) is 0. The summed E-state index contributed by atoms with van der Waals surface area (Å²) in [5, 5.41) is 0. The molecule has 0 saturated heterocycles. The average molecular weight is 522 g/mol. The molecule has 0 heterocycles. The maximum atomic E-state index is 14.8. The van der Waals surface area contributed by atoms with Crippen LogP contribution in [0.1, 0.15) is 58.3 Å². The fourth-order valence-corrected chi connectivity index (χ4v) is 4.52. The van der Waals surface area contributed by atoms with E-state index in [2.05, 4.69) is 16.4 Å². The molecule has 0 atom stereocenters. The Hall–Kier alpha value is -2.78. The molecule has 1 aliphatic rings. The van der Waals surface area contributed by atoms with Crippen LogP contribution in [-0.4, -0.2) is 6.11 Å². The lowest BCUT2D eigenvalue weighted by atomic mass is 9.79. The van der Waals surface area contributed by atoms with Gasteiger partial charge in [0.25, 0.3) is 0 Å². The van der Waals surface area contributed by atoms with Crippen LogP contribution in [0.3, 0.4) is 0 Å². The van der Waals surface area contributed by atoms with E-state index in [0.717, 1.165) is 25.7 Å². The molecule has 0 amide bonds. The average Bonchev–Trinajstić information content (AvgIpc) is 2.78. The van der Waals surface area contributed by atoms with Crippen molar-refractivity contribution in [2.24, 2.45) is 11.8 Å². The molecule has 36 heavy (non-hydrogen) atoms. The first-order chi connectivity index (χ1) is 17.0. The SMILES string of the molecule is CCCCCC1CCC(C(F)(F)Oc2cc(F)c(-c3cc(F)c(OC=C(F)F)c(F)c3)c(F)c2)CC1. The van der Waals surface area contributed by atoms with Crippen molar-refractivity contribution in [2.45, 2.75) is 64.4 Å². The maximum absolute atomic E-state index is 14.8. The van der Waals surface area contributed by atoms with Crippen LogP contribution in [0, 0.1) is 35.1 Å². The predicted molar refractivity (Wildman–Crippen MR) is 118 cm³/mol. The van der Waals surface area contributed by atoms with Crippen LogP contribution in [0.4, 0.5) is 35.1 Å². The van der Waals surface area contributed by atoms with Crippen LogP contribution in [0.5, 0.6) is 11.5 Å². The van der Waals surface area contributed by atoms with Crippen molar-refractivity contribution in [2.75, 3.05) is 0 Å². The van der Waals surface area contributed by atoms with Gasteiger partial charge in [0.1, 0.15) is 17.4 Å². The fraction of sp³-hybridized carbons (Fsp3) is 0.462. The number of rotatable bonds is 10. The minimum absolute atomic E-state index is 0.201. The topological polar surface area (TPSA) is 18.5 Å². The minimum Gasteiger partial charge on any atom is -0.453 e. The van der Waals surface area contributed by atoms with E-state index in [-0.39, 0.29) is 19.1 Å². The van der Waals surface area contributed by atoms with E-state index < -0.39 is 64.0 Å². The fourth-order valence-electron chi connectivity index (χ4n) is 4.52. The molecule has 198 valence electrons. The second kappa shape index (κ2) is 12.0. The van der Waals surface area contributed by atoms with Crippen molar-refractivity contribution in [3.63, 3.8) is 0 Å². The second-order valence-electron chi connectivity index (χ2n) is 8.93. The molecule has 2 aromatic rings. The highest BCUT2D eigenvalue weighted by Gasteiger charge is 2.44. The minimum atomic E-state index is -3.66. The summed E-state index contributed by atoms with van der Waals surface area (Å²) in [6, 6.07) is 1.95. The Morgan fingerprint density at radius 2 is 1.47 bits per heavy atom. The van der Waals surface area contributed by atoms with E-state index in [1.54, 1.807) is 0 Å². The Balaban J connectivity index is 1.74. The summed E-state index contributed by atoms with van der Waals surface area (Å²) >= 11 is 0. The number of ether oxygens (including phenoxy) is 2. The molecule has 0 unspecified atom stereocenters. The third kappa shape index (κ3) is 6.91. The Bertz CT molecular complexity index is 1030. The molecule has 1 saturated carbocycles. The molecule has 2 nitrogen and oxygen atoms in total. The standard InChI is InChI=1S/C26H26F8O2/c1-2-3-4-5-15-6-8-17(9-7-15)26(33,34)36-18-12-19(27)24(20(28)13-18)16-10-21(29)25(22(30)11-16)35-14-23(31)32/h10-15,17H,2-9H2,1H3. The number of alkyl halides is 2. The van der Waals surface area contributed by atoms with E-state index in [0.29, 0.717) is 43.0 Å². The first-order valence-corrected chi connectivity index (χ1v) is 11.7. The van der Waals surface area contributed by atoms with Crippen molar-refractivity contribution in [1.29, 1.82) is 0 Å². The number of hydrogen-bond acceptors (Lipinski definition) is 2. The highest BCUT2D eigenvalue weighted by atomic mass is 19.3. The van der Waals surface area contributed by atoms with Crippen molar-refractivity contribution >= 4 is 0 Å². The van der Waals surface area contributed by atoms with Crippen molar-refractivity contribution < 1.29 is 44.6 Å². The van der Waals surface area contributed by atoms with Crippen molar-refractivity contribution in [3.8, 4) is 22.6 Å². The zero-order valence-electron chi connectivity index (χ0n) is 19.5. The van der Waals surface area contributed by atoms with Gasteiger partial charge in [-0.3, -0.25) is 0 Å². The van der Waals surface area contributed by atoms with E-state index in [1.807, 2.05) is 0 Å². The van der Waals surface area contributed by atoms with Crippen LogP contribution in [0.2, 0.25) is 0 Å². The Morgan fingerprint density at radius 3 is 2.00 bits per heavy atom. The third-order valence-corrected chi connectivity index (χ3v) is 6.36. The van der Waals surface area contributed by atoms with Gasteiger partial charge in [-0.05, 0) is 49.3 Å². The second-order valence-corrected chi connectivity index (χ2v) is 8.93. The van der Waals surface area contributed by atoms with Gasteiger partial charge >= 0.3 is 12.2 Å². The predicted octanol–water partition coefficient (Wildman–Crippen LogP) is 9.38. The molecule has 0 aromatic heterocycles. The normalized spacial score (nSPS) is 18.1. The summed E-state index contributed by atoms with van der Waals surface area (Å²) in [6.07, 6.45) is -0.304. The monoisotopic (exact) mass is 522 g/mol. The summed E-state index contributed by atoms with van der Waals surface area (Å²) in [4.78, 5) is 0. The molecule has 0 N–H and O–H groups in total.